The number of rotatable bonds is 5. The largest absolute Gasteiger partial charge is 0.489 e. The molecular weight excluding hydrogens is 280 g/mol. The minimum absolute atomic E-state index is 0.331. The number of aryl methyl sites for hydroxylation is 1. The Morgan fingerprint density at radius 3 is 2.73 bits per heavy atom. The maximum absolute atomic E-state index is 6.00. The standard InChI is InChI=1S/C17H22N2O3/c1-12-15(11-20-2)17(22-19-12)16-9-8-14(10-18-16)21-13-6-4-3-5-7-13/h8-10,13H,3-7,11H2,1-2H3. The first-order chi connectivity index (χ1) is 10.8. The quantitative estimate of drug-likeness (QED) is 0.838. The summed E-state index contributed by atoms with van der Waals surface area (Å²) < 4.78 is 16.6. The Bertz CT molecular complexity index is 601. The highest BCUT2D eigenvalue weighted by Crippen LogP contribution is 2.28. The van der Waals surface area contributed by atoms with E-state index in [1.54, 1.807) is 13.3 Å². The number of methoxy groups -OCH3 is 1. The molecule has 0 unspecified atom stereocenters. The molecule has 0 atom stereocenters. The van der Waals surface area contributed by atoms with Gasteiger partial charge in [-0.3, -0.25) is 0 Å². The third-order valence-electron chi connectivity index (χ3n) is 4.10. The van der Waals surface area contributed by atoms with Crippen molar-refractivity contribution in [2.45, 2.75) is 51.7 Å². The Labute approximate surface area is 130 Å². The second-order valence-corrected chi connectivity index (χ2v) is 5.77. The van der Waals surface area contributed by atoms with Crippen LogP contribution in [-0.2, 0) is 11.3 Å². The lowest BCUT2D eigenvalue weighted by molar-refractivity contribution is 0.154. The van der Waals surface area contributed by atoms with E-state index in [0.717, 1.165) is 35.5 Å². The summed E-state index contributed by atoms with van der Waals surface area (Å²) in [6.45, 7) is 2.37. The van der Waals surface area contributed by atoms with Gasteiger partial charge in [0.1, 0.15) is 11.4 Å². The van der Waals surface area contributed by atoms with E-state index >= 15 is 0 Å². The van der Waals surface area contributed by atoms with Crippen LogP contribution in [0.4, 0.5) is 0 Å². The lowest BCUT2D eigenvalue weighted by Gasteiger charge is -2.22. The molecule has 0 aromatic carbocycles. The van der Waals surface area contributed by atoms with E-state index in [-0.39, 0.29) is 0 Å². The molecule has 1 fully saturated rings. The molecule has 118 valence electrons. The van der Waals surface area contributed by atoms with Crippen LogP contribution in [0.5, 0.6) is 5.75 Å². The normalized spacial score (nSPS) is 15.9. The number of hydrogen-bond acceptors (Lipinski definition) is 5. The summed E-state index contributed by atoms with van der Waals surface area (Å²) in [6, 6.07) is 3.86. The molecule has 3 rings (SSSR count). The third kappa shape index (κ3) is 3.30. The number of nitrogens with zero attached hydrogens (tertiary/aromatic N) is 2. The lowest BCUT2D eigenvalue weighted by Crippen LogP contribution is -2.19. The molecule has 0 aliphatic heterocycles. The van der Waals surface area contributed by atoms with Crippen LogP contribution < -0.4 is 4.74 Å². The molecule has 2 aromatic rings. The van der Waals surface area contributed by atoms with Gasteiger partial charge in [-0.1, -0.05) is 11.6 Å². The summed E-state index contributed by atoms with van der Waals surface area (Å²) in [5, 5.41) is 4.00. The van der Waals surface area contributed by atoms with Gasteiger partial charge in [0.05, 0.1) is 24.6 Å². The SMILES string of the molecule is COCc1c(C)noc1-c1ccc(OC2CCCCC2)cn1. The topological polar surface area (TPSA) is 57.4 Å². The van der Waals surface area contributed by atoms with Gasteiger partial charge in [-0.2, -0.15) is 0 Å². The fourth-order valence-corrected chi connectivity index (χ4v) is 2.86. The van der Waals surface area contributed by atoms with Crippen molar-refractivity contribution in [3.05, 3.63) is 29.6 Å². The molecule has 5 nitrogen and oxygen atoms in total. The van der Waals surface area contributed by atoms with Gasteiger partial charge in [0, 0.05) is 12.7 Å². The van der Waals surface area contributed by atoms with E-state index < -0.39 is 0 Å². The Hall–Kier alpha value is -1.88. The predicted octanol–water partition coefficient (Wildman–Crippen LogP) is 3.90. The molecule has 2 heterocycles. The Kier molecular flexibility index (Phi) is 4.73. The summed E-state index contributed by atoms with van der Waals surface area (Å²) in [5.74, 6) is 1.49. The third-order valence-corrected chi connectivity index (χ3v) is 4.10. The number of aromatic nitrogens is 2. The summed E-state index contributed by atoms with van der Waals surface area (Å²) in [7, 11) is 1.66. The van der Waals surface area contributed by atoms with Crippen molar-refractivity contribution in [3.8, 4) is 17.2 Å². The minimum atomic E-state index is 0.331. The van der Waals surface area contributed by atoms with Crippen LogP contribution >= 0.6 is 0 Å². The second-order valence-electron chi connectivity index (χ2n) is 5.77. The minimum Gasteiger partial charge on any atom is -0.489 e. The zero-order valence-electron chi connectivity index (χ0n) is 13.2. The van der Waals surface area contributed by atoms with Crippen LogP contribution in [0.15, 0.2) is 22.9 Å². The van der Waals surface area contributed by atoms with Gasteiger partial charge in [-0.15, -0.1) is 0 Å². The average Bonchev–Trinajstić information content (AvgIpc) is 2.91. The Morgan fingerprint density at radius 2 is 2.05 bits per heavy atom. The molecule has 0 saturated heterocycles. The first kappa shape index (κ1) is 15.0. The van der Waals surface area contributed by atoms with E-state index in [1.165, 1.54) is 19.3 Å². The summed E-state index contributed by atoms with van der Waals surface area (Å²) in [5.41, 5.74) is 2.53. The van der Waals surface area contributed by atoms with Crippen molar-refractivity contribution in [1.29, 1.82) is 0 Å². The van der Waals surface area contributed by atoms with Gasteiger partial charge in [0.15, 0.2) is 5.76 Å². The molecule has 0 radical (unpaired) electrons. The van der Waals surface area contributed by atoms with Crippen molar-refractivity contribution in [1.82, 2.24) is 10.1 Å². The predicted molar refractivity (Wildman–Crippen MR) is 82.7 cm³/mol. The zero-order valence-corrected chi connectivity index (χ0v) is 13.2. The van der Waals surface area contributed by atoms with Gasteiger partial charge in [-0.25, -0.2) is 4.98 Å². The summed E-state index contributed by atoms with van der Waals surface area (Å²) in [6.07, 6.45) is 8.21. The van der Waals surface area contributed by atoms with Crippen molar-refractivity contribution in [2.24, 2.45) is 0 Å². The first-order valence-electron chi connectivity index (χ1n) is 7.85. The molecule has 2 aromatic heterocycles. The van der Waals surface area contributed by atoms with Gasteiger partial charge in [0.25, 0.3) is 0 Å². The highest BCUT2D eigenvalue weighted by Gasteiger charge is 2.17. The molecule has 1 aliphatic rings. The van der Waals surface area contributed by atoms with E-state index in [0.29, 0.717) is 18.5 Å². The Morgan fingerprint density at radius 1 is 1.23 bits per heavy atom. The van der Waals surface area contributed by atoms with Crippen molar-refractivity contribution in [2.75, 3.05) is 7.11 Å². The molecule has 5 heteroatoms. The number of ether oxygens (including phenoxy) is 2. The maximum atomic E-state index is 6.00. The molecule has 0 amide bonds. The molecule has 0 N–H and O–H groups in total. The number of pyridine rings is 1. The van der Waals surface area contributed by atoms with Crippen LogP contribution in [0, 0.1) is 6.92 Å². The fraction of sp³-hybridized carbons (Fsp3) is 0.529. The average molecular weight is 302 g/mol. The second kappa shape index (κ2) is 6.92. The molecule has 0 spiro atoms. The summed E-state index contributed by atoms with van der Waals surface area (Å²) >= 11 is 0. The van der Waals surface area contributed by atoms with Crippen LogP contribution in [0.1, 0.15) is 43.4 Å². The lowest BCUT2D eigenvalue weighted by atomic mass is 9.98. The van der Waals surface area contributed by atoms with Crippen LogP contribution in [-0.4, -0.2) is 23.4 Å². The van der Waals surface area contributed by atoms with Crippen LogP contribution in [0.2, 0.25) is 0 Å². The Balaban J connectivity index is 1.73. The van der Waals surface area contributed by atoms with Crippen LogP contribution in [0.3, 0.4) is 0 Å². The highest BCUT2D eigenvalue weighted by molar-refractivity contribution is 5.57. The molecule has 1 aliphatic carbocycles. The van der Waals surface area contributed by atoms with Gasteiger partial charge in [-0.05, 0) is 44.7 Å². The highest BCUT2D eigenvalue weighted by atomic mass is 16.5. The van der Waals surface area contributed by atoms with Crippen molar-refractivity contribution >= 4 is 0 Å². The zero-order chi connectivity index (χ0) is 15.4. The van der Waals surface area contributed by atoms with E-state index in [9.17, 15) is 0 Å². The monoisotopic (exact) mass is 302 g/mol. The van der Waals surface area contributed by atoms with Gasteiger partial charge in [0.2, 0.25) is 0 Å². The smallest absolute Gasteiger partial charge is 0.190 e. The molecule has 0 bridgehead atoms. The van der Waals surface area contributed by atoms with Crippen LogP contribution in [0.25, 0.3) is 11.5 Å². The molecular formula is C17H22N2O3. The van der Waals surface area contributed by atoms with E-state index in [2.05, 4.69) is 10.1 Å². The first-order valence-corrected chi connectivity index (χ1v) is 7.85. The van der Waals surface area contributed by atoms with E-state index in [4.69, 9.17) is 14.0 Å². The fourth-order valence-electron chi connectivity index (χ4n) is 2.86. The maximum Gasteiger partial charge on any atom is 0.190 e. The van der Waals surface area contributed by atoms with E-state index in [1.807, 2.05) is 19.1 Å². The van der Waals surface area contributed by atoms with Gasteiger partial charge >= 0.3 is 0 Å². The number of hydrogen-bond donors (Lipinski definition) is 0. The van der Waals surface area contributed by atoms with Crippen molar-refractivity contribution < 1.29 is 14.0 Å². The molecule has 1 saturated carbocycles. The van der Waals surface area contributed by atoms with Crippen molar-refractivity contribution in [3.63, 3.8) is 0 Å². The summed E-state index contributed by atoms with van der Waals surface area (Å²) in [4.78, 5) is 4.46. The molecule has 22 heavy (non-hydrogen) atoms. The van der Waals surface area contributed by atoms with Gasteiger partial charge < -0.3 is 14.0 Å².